The molecule has 4 heterocycles. The first kappa shape index (κ1) is 31.4. The number of methoxy groups -OCH3 is 1. The summed E-state index contributed by atoms with van der Waals surface area (Å²) in [5.41, 5.74) is 2.63. The van der Waals surface area contributed by atoms with Gasteiger partial charge in [0.15, 0.2) is 18.2 Å². The standard InChI is InChI=1S/C31H29F2N3O9S/c1-31(2,29(39)41-3)45-30(40)44-15-43-27-22(37)12-21(36-26(27)28(38)35-8-9-42-13-24(35)34-36)18-11-20(32)25(33)19-14-46-23-7-5-4-6-16(23)10-17(18)19/h4-7,11-12,24,34H,8-10,13-15H2,1-3H3/p+1/t24-/m0/s1. The third kappa shape index (κ3) is 5.64. The molecule has 0 spiro atoms. The first-order chi connectivity index (χ1) is 22.0. The number of nitrogens with one attached hydrogen (secondary N) is 1. The number of esters is 1. The number of aromatic nitrogens is 1. The summed E-state index contributed by atoms with van der Waals surface area (Å²) >= 11 is 1.39. The lowest BCUT2D eigenvalue weighted by molar-refractivity contribution is -0.591. The lowest BCUT2D eigenvalue weighted by Gasteiger charge is -2.31. The van der Waals surface area contributed by atoms with E-state index in [0.29, 0.717) is 12.2 Å². The molecule has 0 radical (unpaired) electrons. The molecule has 0 saturated carbocycles. The average Bonchev–Trinajstić information content (AvgIpc) is 3.23. The Bertz CT molecular complexity index is 1840. The Labute approximate surface area is 265 Å². The molecular weight excluding hydrogens is 628 g/mol. The zero-order valence-electron chi connectivity index (χ0n) is 25.1. The minimum absolute atomic E-state index is 0.130. The third-order valence-electron chi connectivity index (χ3n) is 7.88. The molecule has 6 rings (SSSR count). The van der Waals surface area contributed by atoms with Gasteiger partial charge in [-0.2, -0.15) is 4.58 Å². The molecule has 0 aliphatic carbocycles. The van der Waals surface area contributed by atoms with Crippen LogP contribution in [0.4, 0.5) is 13.6 Å². The molecule has 0 bridgehead atoms. The van der Waals surface area contributed by atoms with E-state index in [1.807, 2.05) is 24.3 Å². The zero-order valence-corrected chi connectivity index (χ0v) is 25.9. The fourth-order valence-electron chi connectivity index (χ4n) is 5.61. The number of carbonyl (C=O) groups excluding carboxylic acids is 2. The molecule has 3 aliphatic rings. The van der Waals surface area contributed by atoms with E-state index in [9.17, 15) is 19.5 Å². The number of hydrogen-bond donors (Lipinski definition) is 2. The second kappa shape index (κ2) is 12.3. The van der Waals surface area contributed by atoms with Gasteiger partial charge in [0.05, 0.1) is 12.8 Å². The van der Waals surface area contributed by atoms with Crippen molar-refractivity contribution in [2.45, 2.75) is 42.7 Å². The molecule has 1 aromatic heterocycles. The molecule has 15 heteroatoms. The number of pyridine rings is 1. The van der Waals surface area contributed by atoms with Gasteiger partial charge in [-0.1, -0.05) is 18.2 Å². The summed E-state index contributed by atoms with van der Waals surface area (Å²) in [5, 5.41) is 11.5. The molecule has 2 aromatic carbocycles. The quantitative estimate of drug-likeness (QED) is 0.228. The van der Waals surface area contributed by atoms with Crippen LogP contribution in [0.15, 0.2) is 46.1 Å². The number of hydrogen-bond acceptors (Lipinski definition) is 10. The van der Waals surface area contributed by atoms with Crippen molar-refractivity contribution in [2.75, 3.05) is 39.1 Å². The summed E-state index contributed by atoms with van der Waals surface area (Å²) in [4.78, 5) is 38.7. The number of rotatable bonds is 6. The number of halogens is 2. The molecule has 0 amide bonds. The third-order valence-corrected chi connectivity index (χ3v) is 9.02. The number of thioether (sulfide) groups is 1. The van der Waals surface area contributed by atoms with Crippen LogP contribution in [-0.4, -0.2) is 77.8 Å². The van der Waals surface area contributed by atoms with E-state index in [1.165, 1.54) is 36.4 Å². The van der Waals surface area contributed by atoms with Gasteiger partial charge < -0.3 is 28.8 Å². The van der Waals surface area contributed by atoms with E-state index in [0.717, 1.165) is 23.6 Å². The van der Waals surface area contributed by atoms with Crippen molar-refractivity contribution < 1.29 is 51.7 Å². The number of ether oxygens (including phenoxy) is 5. The van der Waals surface area contributed by atoms with Gasteiger partial charge in [-0.05, 0) is 43.5 Å². The van der Waals surface area contributed by atoms with E-state index in [1.54, 1.807) is 4.58 Å². The maximum absolute atomic E-state index is 15.3. The van der Waals surface area contributed by atoms with Crippen molar-refractivity contribution in [3.05, 3.63) is 80.6 Å². The Balaban J connectivity index is 1.43. The van der Waals surface area contributed by atoms with Crippen molar-refractivity contribution in [1.29, 1.82) is 0 Å². The molecule has 1 atom stereocenters. The Morgan fingerprint density at radius 1 is 1.22 bits per heavy atom. The van der Waals surface area contributed by atoms with Gasteiger partial charge in [-0.25, -0.2) is 23.0 Å². The highest BCUT2D eigenvalue weighted by atomic mass is 32.2. The first-order valence-corrected chi connectivity index (χ1v) is 15.2. The second-order valence-electron chi connectivity index (χ2n) is 11.2. The molecule has 46 heavy (non-hydrogen) atoms. The van der Waals surface area contributed by atoms with Crippen LogP contribution < -0.4 is 15.6 Å². The van der Waals surface area contributed by atoms with Gasteiger partial charge >= 0.3 is 18.0 Å². The van der Waals surface area contributed by atoms with Gasteiger partial charge in [0.2, 0.25) is 29.3 Å². The number of nitrogens with zero attached hydrogens (tertiary/aromatic N) is 2. The minimum Gasteiger partial charge on any atom is -0.466 e. The van der Waals surface area contributed by atoms with Crippen LogP contribution in [0.2, 0.25) is 0 Å². The number of aliphatic hydroxyl groups excluding tert-OH is 1. The van der Waals surface area contributed by atoms with Crippen molar-refractivity contribution in [1.82, 2.24) is 4.68 Å². The molecule has 3 aliphatic heterocycles. The topological polar surface area (TPSA) is 138 Å². The highest BCUT2D eigenvalue weighted by molar-refractivity contribution is 7.98. The number of morpholine rings is 1. The highest BCUT2D eigenvalue weighted by Gasteiger charge is 2.41. The molecule has 2 N–H and O–H groups in total. The largest absolute Gasteiger partial charge is 0.512 e. The van der Waals surface area contributed by atoms with Crippen molar-refractivity contribution in [3.63, 3.8) is 0 Å². The normalized spacial score (nSPS) is 16.9. The van der Waals surface area contributed by atoms with Gasteiger partial charge in [-0.15, -0.1) is 11.8 Å². The molecule has 0 unspecified atom stereocenters. The average molecular weight is 659 g/mol. The zero-order chi connectivity index (χ0) is 32.7. The maximum atomic E-state index is 15.3. The van der Waals surface area contributed by atoms with E-state index < -0.39 is 53.5 Å². The van der Waals surface area contributed by atoms with Crippen LogP contribution in [0, 0.1) is 11.6 Å². The van der Waals surface area contributed by atoms with Crippen molar-refractivity contribution in [2.24, 2.45) is 0 Å². The van der Waals surface area contributed by atoms with Gasteiger partial charge in [0.1, 0.15) is 13.2 Å². The molecule has 3 aromatic rings. The van der Waals surface area contributed by atoms with Crippen molar-refractivity contribution in [3.8, 4) is 17.0 Å². The summed E-state index contributed by atoms with van der Waals surface area (Å²) in [5.74, 6) is -3.45. The summed E-state index contributed by atoms with van der Waals surface area (Å²) in [6.07, 6.45) is -1.59. The summed E-state index contributed by atoms with van der Waals surface area (Å²) < 4.78 is 59.2. The lowest BCUT2D eigenvalue weighted by atomic mass is 9.92. The smallest absolute Gasteiger partial charge is 0.466 e. The van der Waals surface area contributed by atoms with E-state index in [4.69, 9.17) is 18.9 Å². The number of fused-ring (bicyclic) bond motifs is 4. The number of carbonyl (C=O) groups is 2. The van der Waals surface area contributed by atoms with E-state index >= 15 is 8.78 Å². The summed E-state index contributed by atoms with van der Waals surface area (Å²) in [7, 11) is 1.13. The monoisotopic (exact) mass is 658 g/mol. The second-order valence-corrected chi connectivity index (χ2v) is 12.2. The number of aliphatic hydroxyl groups is 1. The van der Waals surface area contributed by atoms with Crippen LogP contribution in [0.25, 0.3) is 11.3 Å². The first-order valence-electron chi connectivity index (χ1n) is 14.2. The fraction of sp³-hybridized carbons (Fsp3) is 0.355. The predicted molar refractivity (Wildman–Crippen MR) is 160 cm³/mol. The van der Waals surface area contributed by atoms with Crippen LogP contribution in [0.3, 0.4) is 0 Å². The van der Waals surface area contributed by atoms with Gasteiger partial charge in [0.25, 0.3) is 6.17 Å². The Morgan fingerprint density at radius 3 is 2.78 bits per heavy atom. The van der Waals surface area contributed by atoms with Gasteiger partial charge in [-0.3, -0.25) is 10.2 Å². The van der Waals surface area contributed by atoms with Crippen LogP contribution in [0.1, 0.15) is 36.2 Å². The Morgan fingerprint density at radius 2 is 2.00 bits per heavy atom. The predicted octanol–water partition coefficient (Wildman–Crippen LogP) is 3.66. The van der Waals surface area contributed by atoms with Gasteiger partial charge in [0, 0.05) is 27.8 Å². The Kier molecular flexibility index (Phi) is 8.37. The van der Waals surface area contributed by atoms with Crippen LogP contribution in [0.5, 0.6) is 5.75 Å². The molecule has 1 fully saturated rings. The van der Waals surface area contributed by atoms with E-state index in [2.05, 4.69) is 10.2 Å². The molecule has 1 saturated heterocycles. The maximum Gasteiger partial charge on any atom is 0.512 e. The minimum atomic E-state index is -1.66. The van der Waals surface area contributed by atoms with E-state index in [-0.39, 0.29) is 53.7 Å². The molecule has 12 nitrogen and oxygen atoms in total. The van der Waals surface area contributed by atoms with Crippen molar-refractivity contribution >= 4 is 29.8 Å². The lowest BCUT2D eigenvalue weighted by Crippen LogP contribution is -2.54. The number of benzene rings is 2. The van der Waals surface area contributed by atoms with Crippen LogP contribution in [-0.2, 0) is 35.9 Å². The summed E-state index contributed by atoms with van der Waals surface area (Å²) in [6.45, 7) is 2.50. The fourth-order valence-corrected chi connectivity index (χ4v) is 6.71. The molecule has 242 valence electrons. The SMILES string of the molecule is COC(=O)C(C)(C)OC(=O)OCOc1c2n(c(-c3cc(F)c(F)c4c3Cc3ccccc3SC4)cc1=O)N[C@@H]1COCC[N+]1=C2O. The van der Waals surface area contributed by atoms with Crippen LogP contribution >= 0.6 is 11.8 Å². The molecular formula is C31H30F2N3O9S+. The Hall–Kier alpha value is -4.63. The highest BCUT2D eigenvalue weighted by Crippen LogP contribution is 2.40. The summed E-state index contributed by atoms with van der Waals surface area (Å²) in [6, 6.07) is 9.78.